The maximum absolute atomic E-state index is 12.4. The number of hydrogen-bond acceptors (Lipinski definition) is 4. The maximum atomic E-state index is 12.4. The predicted octanol–water partition coefficient (Wildman–Crippen LogP) is 3.54. The van der Waals surface area contributed by atoms with E-state index in [1.807, 2.05) is 6.92 Å². The zero-order valence-corrected chi connectivity index (χ0v) is 14.5. The van der Waals surface area contributed by atoms with Crippen molar-refractivity contribution in [3.63, 3.8) is 0 Å². The quantitative estimate of drug-likeness (QED) is 0.765. The van der Waals surface area contributed by atoms with E-state index < -0.39 is 10.0 Å². The van der Waals surface area contributed by atoms with E-state index in [1.165, 1.54) is 12.1 Å². The van der Waals surface area contributed by atoms with Gasteiger partial charge in [-0.1, -0.05) is 35.1 Å². The Balaban J connectivity index is 2.02. The number of nitrogens with zero attached hydrogens (tertiary/aromatic N) is 1. The molecule has 0 spiro atoms. The van der Waals surface area contributed by atoms with Gasteiger partial charge in [-0.3, -0.25) is 14.1 Å². The van der Waals surface area contributed by atoms with Gasteiger partial charge in [0, 0.05) is 6.54 Å². The lowest BCUT2D eigenvalue weighted by atomic mass is 10.3. The van der Waals surface area contributed by atoms with Crippen molar-refractivity contribution < 1.29 is 8.42 Å². The standard InChI is InChI=1S/C15H13ClN2O3S2/c1-2-18-12-8-7-10(9-13(12)22-15(18)19)17-23(20,21)14-6-4-3-5-11(14)16/h3-9,17H,2H2,1H3. The summed E-state index contributed by atoms with van der Waals surface area (Å²) in [7, 11) is -3.78. The number of rotatable bonds is 4. The number of sulfonamides is 1. The largest absolute Gasteiger partial charge is 0.308 e. The third-order valence-electron chi connectivity index (χ3n) is 3.36. The van der Waals surface area contributed by atoms with Gasteiger partial charge in [-0.15, -0.1) is 0 Å². The summed E-state index contributed by atoms with van der Waals surface area (Å²) in [5.41, 5.74) is 1.19. The molecule has 0 saturated carbocycles. The normalized spacial score (nSPS) is 11.7. The highest BCUT2D eigenvalue weighted by Crippen LogP contribution is 2.26. The first-order valence-corrected chi connectivity index (χ1v) is 9.51. The Morgan fingerprint density at radius 2 is 1.96 bits per heavy atom. The van der Waals surface area contributed by atoms with Crippen LogP contribution in [-0.4, -0.2) is 13.0 Å². The van der Waals surface area contributed by atoms with E-state index in [2.05, 4.69) is 4.72 Å². The second kappa shape index (κ2) is 5.99. The van der Waals surface area contributed by atoms with Crippen LogP contribution in [0.15, 0.2) is 52.2 Å². The molecule has 0 radical (unpaired) electrons. The summed E-state index contributed by atoms with van der Waals surface area (Å²) >= 11 is 7.04. The van der Waals surface area contributed by atoms with Gasteiger partial charge in [0.1, 0.15) is 4.90 Å². The van der Waals surface area contributed by atoms with Gasteiger partial charge in [-0.2, -0.15) is 0 Å². The molecule has 0 amide bonds. The second-order valence-corrected chi connectivity index (χ2v) is 7.88. The molecule has 1 N–H and O–H groups in total. The van der Waals surface area contributed by atoms with E-state index in [0.717, 1.165) is 21.6 Å². The molecular formula is C15H13ClN2O3S2. The molecule has 0 aliphatic rings. The minimum absolute atomic E-state index is 0.0149. The highest BCUT2D eigenvalue weighted by atomic mass is 35.5. The van der Waals surface area contributed by atoms with Crippen LogP contribution in [0.2, 0.25) is 5.02 Å². The molecule has 2 aromatic carbocycles. The highest BCUT2D eigenvalue weighted by Gasteiger charge is 2.18. The molecule has 1 aromatic heterocycles. The van der Waals surface area contributed by atoms with Gasteiger partial charge < -0.3 is 0 Å². The first-order chi connectivity index (χ1) is 10.9. The van der Waals surface area contributed by atoms with Crippen LogP contribution in [0.4, 0.5) is 5.69 Å². The Bertz CT molecular complexity index is 1040. The number of aryl methyl sites for hydroxylation is 1. The Hall–Kier alpha value is -1.83. The van der Waals surface area contributed by atoms with Gasteiger partial charge in [0.05, 0.1) is 20.9 Å². The Labute approximate surface area is 142 Å². The van der Waals surface area contributed by atoms with Crippen LogP contribution >= 0.6 is 22.9 Å². The fourth-order valence-corrected chi connectivity index (χ4v) is 4.87. The summed E-state index contributed by atoms with van der Waals surface area (Å²) in [6, 6.07) is 11.3. The highest BCUT2D eigenvalue weighted by molar-refractivity contribution is 7.92. The van der Waals surface area contributed by atoms with Crippen molar-refractivity contribution in [3.8, 4) is 0 Å². The fraction of sp³-hybridized carbons (Fsp3) is 0.133. The average molecular weight is 369 g/mol. The topological polar surface area (TPSA) is 68.2 Å². The van der Waals surface area contributed by atoms with Crippen LogP contribution in [0.25, 0.3) is 10.2 Å². The molecule has 0 fully saturated rings. The van der Waals surface area contributed by atoms with Crippen LogP contribution in [0.5, 0.6) is 0 Å². The predicted molar refractivity (Wildman–Crippen MR) is 94.0 cm³/mol. The molecule has 3 aromatic rings. The number of anilines is 1. The minimum Gasteiger partial charge on any atom is -0.299 e. The lowest BCUT2D eigenvalue weighted by Crippen LogP contribution is -2.13. The van der Waals surface area contributed by atoms with Crippen molar-refractivity contribution >= 4 is 48.9 Å². The number of nitrogens with one attached hydrogen (secondary N) is 1. The van der Waals surface area contributed by atoms with Crippen LogP contribution in [0.1, 0.15) is 6.92 Å². The maximum Gasteiger partial charge on any atom is 0.308 e. The molecule has 0 bridgehead atoms. The summed E-state index contributed by atoms with van der Waals surface area (Å²) in [6.07, 6.45) is 0. The monoisotopic (exact) mass is 368 g/mol. The first-order valence-electron chi connectivity index (χ1n) is 6.83. The lowest BCUT2D eigenvalue weighted by molar-refractivity contribution is 0.601. The molecule has 3 rings (SSSR count). The van der Waals surface area contributed by atoms with Crippen molar-refractivity contribution in [1.29, 1.82) is 0 Å². The second-order valence-electron chi connectivity index (χ2n) is 4.83. The molecule has 8 heteroatoms. The Morgan fingerprint density at radius 1 is 1.22 bits per heavy atom. The number of aromatic nitrogens is 1. The van der Waals surface area contributed by atoms with E-state index in [-0.39, 0.29) is 14.8 Å². The van der Waals surface area contributed by atoms with Gasteiger partial charge in [-0.05, 0) is 37.3 Å². The molecule has 120 valence electrons. The van der Waals surface area contributed by atoms with Crippen LogP contribution in [0, 0.1) is 0 Å². The fourth-order valence-electron chi connectivity index (χ4n) is 2.30. The molecule has 0 unspecified atom stereocenters. The number of fused-ring (bicyclic) bond motifs is 1. The van der Waals surface area contributed by atoms with Crippen molar-refractivity contribution in [2.24, 2.45) is 0 Å². The zero-order chi connectivity index (χ0) is 16.6. The first kappa shape index (κ1) is 16.0. The van der Waals surface area contributed by atoms with Gasteiger partial charge in [0.25, 0.3) is 10.0 Å². The molecule has 0 atom stereocenters. The van der Waals surface area contributed by atoms with E-state index in [9.17, 15) is 13.2 Å². The van der Waals surface area contributed by atoms with Crippen molar-refractivity contribution in [2.45, 2.75) is 18.4 Å². The summed E-state index contributed by atoms with van der Waals surface area (Å²) in [5.74, 6) is 0. The van der Waals surface area contributed by atoms with Crippen molar-refractivity contribution in [1.82, 2.24) is 4.57 Å². The minimum atomic E-state index is -3.78. The van der Waals surface area contributed by atoms with Crippen molar-refractivity contribution in [3.05, 3.63) is 57.2 Å². The molecule has 1 heterocycles. The average Bonchev–Trinajstić information content (AvgIpc) is 2.81. The van der Waals surface area contributed by atoms with Crippen molar-refractivity contribution in [2.75, 3.05) is 4.72 Å². The van der Waals surface area contributed by atoms with Crippen LogP contribution in [0.3, 0.4) is 0 Å². The van der Waals surface area contributed by atoms with Gasteiger partial charge in [-0.25, -0.2) is 8.42 Å². The molecule has 23 heavy (non-hydrogen) atoms. The van der Waals surface area contributed by atoms with Gasteiger partial charge in [0.15, 0.2) is 0 Å². The van der Waals surface area contributed by atoms with Gasteiger partial charge in [0.2, 0.25) is 0 Å². The number of hydrogen-bond donors (Lipinski definition) is 1. The van der Waals surface area contributed by atoms with Crippen LogP contribution in [-0.2, 0) is 16.6 Å². The van der Waals surface area contributed by atoms with E-state index >= 15 is 0 Å². The Kier molecular flexibility index (Phi) is 4.18. The van der Waals surface area contributed by atoms with E-state index in [0.29, 0.717) is 12.2 Å². The molecule has 5 nitrogen and oxygen atoms in total. The molecular weight excluding hydrogens is 356 g/mol. The number of benzene rings is 2. The van der Waals surface area contributed by atoms with Gasteiger partial charge >= 0.3 is 4.87 Å². The smallest absolute Gasteiger partial charge is 0.299 e. The van der Waals surface area contributed by atoms with E-state index in [1.54, 1.807) is 34.9 Å². The van der Waals surface area contributed by atoms with E-state index in [4.69, 9.17) is 11.6 Å². The molecule has 0 aliphatic carbocycles. The summed E-state index contributed by atoms with van der Waals surface area (Å²) in [6.45, 7) is 2.46. The molecule has 0 saturated heterocycles. The third-order valence-corrected chi connectivity index (χ3v) is 6.19. The Morgan fingerprint density at radius 3 is 2.65 bits per heavy atom. The summed E-state index contributed by atoms with van der Waals surface area (Å²) in [4.78, 5) is 11.8. The number of halogens is 1. The lowest BCUT2D eigenvalue weighted by Gasteiger charge is -2.09. The zero-order valence-electron chi connectivity index (χ0n) is 12.1. The summed E-state index contributed by atoms with van der Waals surface area (Å²) < 4.78 is 29.7. The number of thiazole rings is 1. The third kappa shape index (κ3) is 2.99. The SMILES string of the molecule is CCn1c(=O)sc2cc(NS(=O)(=O)c3ccccc3Cl)ccc21. The van der Waals surface area contributed by atoms with Crippen LogP contribution < -0.4 is 9.60 Å². The summed E-state index contributed by atoms with van der Waals surface area (Å²) in [5, 5.41) is 0.155. The molecule has 0 aliphatic heterocycles.